The van der Waals surface area contributed by atoms with Gasteiger partial charge in [0.25, 0.3) is 0 Å². The lowest BCUT2D eigenvalue weighted by Gasteiger charge is -2.16. The Balaban J connectivity index is 2.24. The first-order valence-electron chi connectivity index (χ1n) is 6.49. The van der Waals surface area contributed by atoms with Crippen LogP contribution in [-0.2, 0) is 4.65 Å². The Morgan fingerprint density at radius 1 is 0.833 bits per heavy atom. The Kier molecular flexibility index (Phi) is 4.60. The molecular weight excluding hydrogens is 219 g/mol. The van der Waals surface area contributed by atoms with Crippen LogP contribution in [0.3, 0.4) is 0 Å². The van der Waals surface area contributed by atoms with E-state index in [0.717, 1.165) is 6.61 Å². The van der Waals surface area contributed by atoms with Gasteiger partial charge in [-0.15, -0.1) is 0 Å². The highest BCUT2D eigenvalue weighted by Gasteiger charge is 2.20. The third kappa shape index (κ3) is 3.48. The highest BCUT2D eigenvalue weighted by molar-refractivity contribution is 6.80. The first-order chi connectivity index (χ1) is 8.77. The van der Waals surface area contributed by atoms with Crippen LogP contribution in [0.15, 0.2) is 60.7 Å². The second-order valence-corrected chi connectivity index (χ2v) is 4.93. The number of hydrogen-bond acceptors (Lipinski definition) is 1. The molecular formula is C16H19BO. The van der Waals surface area contributed by atoms with Gasteiger partial charge in [0.1, 0.15) is 0 Å². The Labute approximate surface area is 110 Å². The second-order valence-electron chi connectivity index (χ2n) is 4.93. The third-order valence-electron chi connectivity index (χ3n) is 2.80. The van der Waals surface area contributed by atoms with Crippen molar-refractivity contribution >= 4 is 17.8 Å². The van der Waals surface area contributed by atoms with Crippen LogP contribution in [0.1, 0.15) is 13.8 Å². The normalized spacial score (nSPS) is 10.6. The zero-order chi connectivity index (χ0) is 12.8. The number of rotatable bonds is 5. The molecule has 0 radical (unpaired) electrons. The lowest BCUT2D eigenvalue weighted by atomic mass is 9.55. The van der Waals surface area contributed by atoms with Crippen LogP contribution in [0.2, 0.25) is 0 Å². The molecule has 2 rings (SSSR count). The summed E-state index contributed by atoms with van der Waals surface area (Å²) in [6.45, 7) is 5.16. The predicted molar refractivity (Wildman–Crippen MR) is 78.7 cm³/mol. The molecule has 0 fully saturated rings. The first kappa shape index (κ1) is 12.9. The summed E-state index contributed by atoms with van der Waals surface area (Å²) in [6, 6.07) is 20.8. The molecule has 0 unspecified atom stereocenters. The van der Waals surface area contributed by atoms with Gasteiger partial charge in [0, 0.05) is 6.61 Å². The van der Waals surface area contributed by atoms with Crippen LogP contribution in [0.25, 0.3) is 0 Å². The van der Waals surface area contributed by atoms with Crippen LogP contribution in [0.5, 0.6) is 0 Å². The fourth-order valence-corrected chi connectivity index (χ4v) is 1.93. The van der Waals surface area contributed by atoms with Gasteiger partial charge in [-0.05, 0) is 16.8 Å². The van der Waals surface area contributed by atoms with Gasteiger partial charge in [0.15, 0.2) is 0 Å². The van der Waals surface area contributed by atoms with E-state index >= 15 is 0 Å². The molecule has 2 aromatic rings. The minimum Gasteiger partial charge on any atom is -0.427 e. The predicted octanol–water partition coefficient (Wildman–Crippen LogP) is 2.46. The van der Waals surface area contributed by atoms with Gasteiger partial charge in [-0.25, -0.2) is 0 Å². The third-order valence-corrected chi connectivity index (χ3v) is 2.80. The van der Waals surface area contributed by atoms with Crippen LogP contribution in [-0.4, -0.2) is 13.5 Å². The molecule has 0 aromatic heterocycles. The van der Waals surface area contributed by atoms with Crippen molar-refractivity contribution in [2.24, 2.45) is 5.92 Å². The Morgan fingerprint density at radius 2 is 1.28 bits per heavy atom. The van der Waals surface area contributed by atoms with Gasteiger partial charge in [0.05, 0.1) is 0 Å². The molecule has 92 valence electrons. The van der Waals surface area contributed by atoms with Gasteiger partial charge in [0.2, 0.25) is 0 Å². The molecule has 2 heteroatoms. The van der Waals surface area contributed by atoms with Gasteiger partial charge in [-0.3, -0.25) is 0 Å². The largest absolute Gasteiger partial charge is 0.427 e. The van der Waals surface area contributed by atoms with Crippen LogP contribution in [0, 0.1) is 5.92 Å². The summed E-state index contributed by atoms with van der Waals surface area (Å²) in [7, 11) is 0. The molecule has 0 bridgehead atoms. The fourth-order valence-electron chi connectivity index (χ4n) is 1.93. The SMILES string of the molecule is CC(C)COB(c1ccccc1)c1ccccc1. The van der Waals surface area contributed by atoms with Crippen molar-refractivity contribution in [3.8, 4) is 0 Å². The van der Waals surface area contributed by atoms with Crippen LogP contribution >= 0.6 is 0 Å². The van der Waals surface area contributed by atoms with E-state index in [1.165, 1.54) is 10.9 Å². The Hall–Kier alpha value is -1.54. The van der Waals surface area contributed by atoms with E-state index in [2.05, 4.69) is 62.4 Å². The average Bonchev–Trinajstić information content (AvgIpc) is 2.41. The van der Waals surface area contributed by atoms with Crippen molar-refractivity contribution < 1.29 is 4.65 Å². The van der Waals surface area contributed by atoms with Gasteiger partial charge >= 0.3 is 6.92 Å². The smallest absolute Gasteiger partial charge is 0.361 e. The summed E-state index contributed by atoms with van der Waals surface area (Å²) in [5, 5.41) is 0. The standard InChI is InChI=1S/C16H19BO/c1-14(2)13-18-17(15-9-5-3-6-10-15)16-11-7-4-8-12-16/h3-12,14H,13H2,1-2H3. The molecule has 0 N–H and O–H groups in total. The van der Waals surface area contributed by atoms with Crippen molar-refractivity contribution in [3.63, 3.8) is 0 Å². The zero-order valence-electron chi connectivity index (χ0n) is 11.0. The quantitative estimate of drug-likeness (QED) is 0.727. The summed E-state index contributed by atoms with van der Waals surface area (Å²) in [4.78, 5) is 0. The lowest BCUT2D eigenvalue weighted by Crippen LogP contribution is -2.45. The van der Waals surface area contributed by atoms with Gasteiger partial charge < -0.3 is 4.65 Å². The lowest BCUT2D eigenvalue weighted by molar-refractivity contribution is 0.282. The Bertz CT molecular complexity index is 414. The first-order valence-corrected chi connectivity index (χ1v) is 6.49. The van der Waals surface area contributed by atoms with Gasteiger partial charge in [-0.1, -0.05) is 74.5 Å². The van der Waals surface area contributed by atoms with Crippen LogP contribution < -0.4 is 10.9 Å². The highest BCUT2D eigenvalue weighted by Crippen LogP contribution is 1.99. The van der Waals surface area contributed by atoms with Crippen LogP contribution in [0.4, 0.5) is 0 Å². The minimum atomic E-state index is 0.0369. The Morgan fingerprint density at radius 3 is 1.67 bits per heavy atom. The zero-order valence-corrected chi connectivity index (χ0v) is 11.0. The maximum atomic E-state index is 6.08. The van der Waals surface area contributed by atoms with Crippen molar-refractivity contribution in [2.45, 2.75) is 13.8 Å². The molecule has 0 heterocycles. The summed E-state index contributed by atoms with van der Waals surface area (Å²) in [6.07, 6.45) is 0. The van der Waals surface area contributed by atoms with E-state index in [-0.39, 0.29) is 6.92 Å². The summed E-state index contributed by atoms with van der Waals surface area (Å²) >= 11 is 0. The molecule has 1 nitrogen and oxygen atoms in total. The topological polar surface area (TPSA) is 9.23 Å². The molecule has 0 spiro atoms. The second kappa shape index (κ2) is 6.41. The summed E-state index contributed by atoms with van der Waals surface area (Å²) in [5.41, 5.74) is 2.42. The van der Waals surface area contributed by atoms with Crippen molar-refractivity contribution in [2.75, 3.05) is 6.61 Å². The molecule has 0 atom stereocenters. The van der Waals surface area contributed by atoms with E-state index in [1.54, 1.807) is 0 Å². The van der Waals surface area contributed by atoms with Crippen molar-refractivity contribution in [3.05, 3.63) is 60.7 Å². The maximum absolute atomic E-state index is 6.08. The fraction of sp³-hybridized carbons (Fsp3) is 0.250. The monoisotopic (exact) mass is 238 g/mol. The van der Waals surface area contributed by atoms with Gasteiger partial charge in [-0.2, -0.15) is 0 Å². The van der Waals surface area contributed by atoms with E-state index in [0.29, 0.717) is 5.92 Å². The highest BCUT2D eigenvalue weighted by atomic mass is 16.4. The van der Waals surface area contributed by atoms with Crippen molar-refractivity contribution in [1.29, 1.82) is 0 Å². The van der Waals surface area contributed by atoms with Crippen molar-refractivity contribution in [1.82, 2.24) is 0 Å². The average molecular weight is 238 g/mol. The number of benzene rings is 2. The summed E-state index contributed by atoms with van der Waals surface area (Å²) in [5.74, 6) is 0.542. The molecule has 0 saturated heterocycles. The van der Waals surface area contributed by atoms with E-state index in [9.17, 15) is 0 Å². The number of hydrogen-bond donors (Lipinski definition) is 0. The molecule has 0 aliphatic rings. The molecule has 18 heavy (non-hydrogen) atoms. The van der Waals surface area contributed by atoms with E-state index < -0.39 is 0 Å². The maximum Gasteiger partial charge on any atom is 0.361 e. The molecule has 0 aliphatic carbocycles. The van der Waals surface area contributed by atoms with E-state index in [4.69, 9.17) is 4.65 Å². The molecule has 0 amide bonds. The molecule has 0 aliphatic heterocycles. The molecule has 0 saturated carbocycles. The molecule has 2 aromatic carbocycles. The minimum absolute atomic E-state index is 0.0369. The van der Waals surface area contributed by atoms with E-state index in [1.807, 2.05) is 12.1 Å². The summed E-state index contributed by atoms with van der Waals surface area (Å²) < 4.78 is 6.08.